The molecule has 0 unspecified atom stereocenters. The summed E-state index contributed by atoms with van der Waals surface area (Å²) in [6.45, 7) is 7.06. The first kappa shape index (κ1) is 16.2. The van der Waals surface area contributed by atoms with Gasteiger partial charge >= 0.3 is 6.09 Å². The third-order valence-corrected chi connectivity index (χ3v) is 3.37. The molecule has 0 saturated heterocycles. The fourth-order valence-corrected chi connectivity index (χ4v) is 2.33. The Labute approximate surface area is 123 Å². The normalized spacial score (nSPS) is 9.85. The van der Waals surface area contributed by atoms with Gasteiger partial charge in [0.2, 0.25) is 5.91 Å². The van der Waals surface area contributed by atoms with E-state index in [1.807, 2.05) is 17.5 Å². The summed E-state index contributed by atoms with van der Waals surface area (Å²) in [4.78, 5) is 26.0. The number of alkyl carbamates (subject to hydrolysis) is 1. The van der Waals surface area contributed by atoms with Gasteiger partial charge in [0.15, 0.2) is 0 Å². The van der Waals surface area contributed by atoms with E-state index in [1.54, 1.807) is 29.2 Å². The molecule has 1 aromatic heterocycles. The van der Waals surface area contributed by atoms with Gasteiger partial charge in [0.05, 0.1) is 13.2 Å². The van der Waals surface area contributed by atoms with E-state index in [9.17, 15) is 9.59 Å². The van der Waals surface area contributed by atoms with Gasteiger partial charge in [-0.2, -0.15) is 0 Å². The van der Waals surface area contributed by atoms with E-state index in [-0.39, 0.29) is 18.9 Å². The van der Waals surface area contributed by atoms with Crippen LogP contribution >= 0.6 is 11.3 Å². The predicted octanol–water partition coefficient (Wildman–Crippen LogP) is 2.40. The van der Waals surface area contributed by atoms with Gasteiger partial charge in [-0.05, 0) is 18.4 Å². The summed E-state index contributed by atoms with van der Waals surface area (Å²) in [5.41, 5.74) is 0. The number of carbonyl (C=O) groups is 2. The molecule has 1 N–H and O–H groups in total. The van der Waals surface area contributed by atoms with Crippen molar-refractivity contribution in [3.63, 3.8) is 0 Å². The number of nitrogens with one attached hydrogen (secondary N) is 1. The van der Waals surface area contributed by atoms with Crippen molar-refractivity contribution >= 4 is 23.3 Å². The van der Waals surface area contributed by atoms with E-state index in [4.69, 9.17) is 4.74 Å². The Morgan fingerprint density at radius 1 is 1.55 bits per heavy atom. The Morgan fingerprint density at radius 3 is 2.95 bits per heavy atom. The number of rotatable bonds is 8. The Hall–Kier alpha value is -1.82. The quantitative estimate of drug-likeness (QED) is 0.749. The zero-order valence-electron chi connectivity index (χ0n) is 11.6. The zero-order valence-corrected chi connectivity index (χ0v) is 12.4. The minimum atomic E-state index is -0.492. The van der Waals surface area contributed by atoms with Gasteiger partial charge in [-0.15, -0.1) is 17.9 Å². The van der Waals surface area contributed by atoms with Crippen LogP contribution in [0.1, 0.15) is 18.2 Å². The molecule has 0 atom stereocenters. The first-order chi connectivity index (χ1) is 9.67. The van der Waals surface area contributed by atoms with Crippen LogP contribution in [0.15, 0.2) is 30.2 Å². The molecule has 0 aliphatic carbocycles. The summed E-state index contributed by atoms with van der Waals surface area (Å²) >= 11 is 1.61. The molecule has 0 aromatic carbocycles. The fraction of sp³-hybridized carbons (Fsp3) is 0.429. The number of ether oxygens (including phenoxy) is 1. The summed E-state index contributed by atoms with van der Waals surface area (Å²) in [6.07, 6.45) is 1.45. The summed E-state index contributed by atoms with van der Waals surface area (Å²) in [5.74, 6) is -0.0184. The van der Waals surface area contributed by atoms with Gasteiger partial charge < -0.3 is 15.0 Å². The second-order valence-electron chi connectivity index (χ2n) is 4.04. The fourth-order valence-electron chi connectivity index (χ4n) is 1.61. The van der Waals surface area contributed by atoms with Gasteiger partial charge in [-0.25, -0.2) is 4.79 Å². The zero-order chi connectivity index (χ0) is 14.8. The molecule has 1 aromatic rings. The van der Waals surface area contributed by atoms with Crippen LogP contribution in [-0.2, 0) is 16.1 Å². The maximum Gasteiger partial charge on any atom is 0.407 e. The summed E-state index contributed by atoms with van der Waals surface area (Å²) in [7, 11) is 0. The molecule has 0 fully saturated rings. The average Bonchev–Trinajstić information content (AvgIpc) is 2.91. The van der Waals surface area contributed by atoms with Crippen LogP contribution < -0.4 is 5.32 Å². The van der Waals surface area contributed by atoms with Crippen molar-refractivity contribution in [3.8, 4) is 0 Å². The molecular weight excluding hydrogens is 276 g/mol. The van der Waals surface area contributed by atoms with Crippen LogP contribution in [0.25, 0.3) is 0 Å². The molecule has 0 saturated carbocycles. The molecule has 0 aliphatic heterocycles. The highest BCUT2D eigenvalue weighted by atomic mass is 32.1. The third kappa shape index (κ3) is 5.88. The van der Waals surface area contributed by atoms with Crippen molar-refractivity contribution < 1.29 is 14.3 Å². The Kier molecular flexibility index (Phi) is 7.42. The minimum Gasteiger partial charge on any atom is -0.450 e. The summed E-state index contributed by atoms with van der Waals surface area (Å²) in [6, 6.07) is 3.95. The van der Waals surface area contributed by atoms with Crippen molar-refractivity contribution in [2.45, 2.75) is 19.9 Å². The molecule has 110 valence electrons. The molecule has 0 radical (unpaired) electrons. The van der Waals surface area contributed by atoms with E-state index in [1.165, 1.54) is 0 Å². The predicted molar refractivity (Wildman–Crippen MR) is 79.6 cm³/mol. The Balaban J connectivity index is 2.40. The minimum absolute atomic E-state index is 0.0184. The molecular formula is C14H20N2O3S. The lowest BCUT2D eigenvalue weighted by Crippen LogP contribution is -2.34. The highest BCUT2D eigenvalue weighted by Gasteiger charge is 2.13. The number of thiophene rings is 1. The summed E-state index contributed by atoms with van der Waals surface area (Å²) < 4.78 is 4.73. The highest BCUT2D eigenvalue weighted by molar-refractivity contribution is 7.09. The second-order valence-corrected chi connectivity index (χ2v) is 5.07. The van der Waals surface area contributed by atoms with Crippen molar-refractivity contribution in [1.29, 1.82) is 0 Å². The standard InChI is InChI=1S/C14H20N2O3S/c1-3-9-16(11-12-6-5-10-20-12)13(17)7-8-15-14(18)19-4-2/h3,5-6,10H,1,4,7-9,11H2,2H3,(H,15,18). The van der Waals surface area contributed by atoms with E-state index < -0.39 is 6.09 Å². The lowest BCUT2D eigenvalue weighted by molar-refractivity contribution is -0.131. The number of carbonyl (C=O) groups excluding carboxylic acids is 2. The van der Waals surface area contributed by atoms with Crippen LogP contribution in [0.5, 0.6) is 0 Å². The Morgan fingerprint density at radius 2 is 2.35 bits per heavy atom. The van der Waals surface area contributed by atoms with Crippen molar-refractivity contribution in [3.05, 3.63) is 35.0 Å². The van der Waals surface area contributed by atoms with Gasteiger partial charge in [-0.1, -0.05) is 12.1 Å². The number of amides is 2. The number of hydrogen-bond acceptors (Lipinski definition) is 4. The van der Waals surface area contributed by atoms with E-state index in [2.05, 4.69) is 11.9 Å². The van der Waals surface area contributed by atoms with Crippen molar-refractivity contribution in [2.75, 3.05) is 19.7 Å². The first-order valence-corrected chi connectivity index (χ1v) is 7.37. The van der Waals surface area contributed by atoms with Crippen molar-refractivity contribution in [1.82, 2.24) is 10.2 Å². The van der Waals surface area contributed by atoms with E-state index >= 15 is 0 Å². The summed E-state index contributed by atoms with van der Waals surface area (Å²) in [5, 5.41) is 4.52. The average molecular weight is 296 g/mol. The lowest BCUT2D eigenvalue weighted by atomic mass is 10.3. The third-order valence-electron chi connectivity index (χ3n) is 2.51. The number of nitrogens with zero attached hydrogens (tertiary/aromatic N) is 1. The highest BCUT2D eigenvalue weighted by Crippen LogP contribution is 2.12. The van der Waals surface area contributed by atoms with Gasteiger partial charge in [-0.3, -0.25) is 4.79 Å². The first-order valence-electron chi connectivity index (χ1n) is 6.49. The maximum atomic E-state index is 12.1. The largest absolute Gasteiger partial charge is 0.450 e. The van der Waals surface area contributed by atoms with Crippen LogP contribution in [-0.4, -0.2) is 36.6 Å². The maximum absolute atomic E-state index is 12.1. The lowest BCUT2D eigenvalue weighted by Gasteiger charge is -2.20. The van der Waals surface area contributed by atoms with Gasteiger partial charge in [0, 0.05) is 24.4 Å². The van der Waals surface area contributed by atoms with E-state index in [0.29, 0.717) is 19.7 Å². The smallest absolute Gasteiger partial charge is 0.407 e. The molecule has 5 nitrogen and oxygen atoms in total. The van der Waals surface area contributed by atoms with Crippen LogP contribution in [0.3, 0.4) is 0 Å². The molecule has 1 heterocycles. The molecule has 0 aliphatic rings. The molecule has 6 heteroatoms. The van der Waals surface area contributed by atoms with Crippen LogP contribution in [0, 0.1) is 0 Å². The van der Waals surface area contributed by atoms with Gasteiger partial charge in [0.1, 0.15) is 0 Å². The number of hydrogen-bond donors (Lipinski definition) is 1. The molecule has 0 bridgehead atoms. The van der Waals surface area contributed by atoms with Crippen LogP contribution in [0.4, 0.5) is 4.79 Å². The Bertz CT molecular complexity index is 432. The van der Waals surface area contributed by atoms with Gasteiger partial charge in [0.25, 0.3) is 0 Å². The van der Waals surface area contributed by atoms with Crippen molar-refractivity contribution in [2.24, 2.45) is 0 Å². The topological polar surface area (TPSA) is 58.6 Å². The monoisotopic (exact) mass is 296 g/mol. The molecule has 2 amide bonds. The second kappa shape index (κ2) is 9.14. The SMILES string of the molecule is C=CCN(Cc1cccs1)C(=O)CCNC(=O)OCC. The van der Waals surface area contributed by atoms with Crippen LogP contribution in [0.2, 0.25) is 0 Å². The molecule has 20 heavy (non-hydrogen) atoms. The molecule has 1 rings (SSSR count). The molecule has 0 spiro atoms. The van der Waals surface area contributed by atoms with E-state index in [0.717, 1.165) is 4.88 Å².